The number of amides is 2. The molecule has 1 saturated heterocycles. The van der Waals surface area contributed by atoms with Crippen LogP contribution in [0.15, 0.2) is 24.3 Å². The van der Waals surface area contributed by atoms with Gasteiger partial charge in [0.05, 0.1) is 6.54 Å². The Bertz CT molecular complexity index is 569. The van der Waals surface area contributed by atoms with Gasteiger partial charge in [-0.1, -0.05) is 38.1 Å². The first kappa shape index (κ1) is 17.3. The quantitative estimate of drug-likeness (QED) is 0.841. The molecule has 23 heavy (non-hydrogen) atoms. The zero-order chi connectivity index (χ0) is 16.9. The third-order valence-corrected chi connectivity index (χ3v) is 4.28. The molecule has 1 fully saturated rings. The minimum absolute atomic E-state index is 0.0271. The predicted octanol–water partition coefficient (Wildman–Crippen LogP) is 2.62. The molecule has 126 valence electrons. The molecule has 0 bridgehead atoms. The first-order valence-corrected chi connectivity index (χ1v) is 8.15. The van der Waals surface area contributed by atoms with Crippen LogP contribution in [-0.4, -0.2) is 43.1 Å². The summed E-state index contributed by atoms with van der Waals surface area (Å²) in [5.41, 5.74) is 2.37. The van der Waals surface area contributed by atoms with Crippen molar-refractivity contribution < 1.29 is 14.3 Å². The van der Waals surface area contributed by atoms with Crippen molar-refractivity contribution >= 4 is 12.0 Å². The topological polar surface area (TPSA) is 58.6 Å². The van der Waals surface area contributed by atoms with Crippen LogP contribution in [0.25, 0.3) is 0 Å². The second kappa shape index (κ2) is 7.49. The van der Waals surface area contributed by atoms with Gasteiger partial charge >= 0.3 is 6.09 Å². The van der Waals surface area contributed by atoms with Crippen molar-refractivity contribution in [2.45, 2.75) is 39.0 Å². The van der Waals surface area contributed by atoms with Crippen LogP contribution >= 0.6 is 0 Å². The van der Waals surface area contributed by atoms with Gasteiger partial charge in [0.15, 0.2) is 0 Å². The smallest absolute Gasteiger partial charge is 0.409 e. The van der Waals surface area contributed by atoms with Crippen LogP contribution in [0.2, 0.25) is 0 Å². The lowest BCUT2D eigenvalue weighted by Gasteiger charge is -2.27. The number of nitrogens with one attached hydrogen (secondary N) is 1. The summed E-state index contributed by atoms with van der Waals surface area (Å²) in [7, 11) is 0. The lowest BCUT2D eigenvalue weighted by molar-refractivity contribution is -0.121. The summed E-state index contributed by atoms with van der Waals surface area (Å²) in [6.07, 6.45) is 0.811. The van der Waals surface area contributed by atoms with Crippen LogP contribution in [-0.2, 0) is 14.9 Å². The zero-order valence-corrected chi connectivity index (χ0v) is 14.2. The Kier molecular flexibility index (Phi) is 5.64. The zero-order valence-electron chi connectivity index (χ0n) is 14.2. The highest BCUT2D eigenvalue weighted by atomic mass is 16.6. The minimum Gasteiger partial charge on any atom is -0.448 e. The first-order valence-electron chi connectivity index (χ1n) is 8.15. The van der Waals surface area contributed by atoms with Crippen LogP contribution < -0.4 is 5.32 Å². The summed E-state index contributed by atoms with van der Waals surface area (Å²) in [5, 5.41) is 3.01. The van der Waals surface area contributed by atoms with Gasteiger partial charge in [-0.05, 0) is 24.5 Å². The Labute approximate surface area is 138 Å². The fraction of sp³-hybridized carbons (Fsp3) is 0.556. The molecule has 2 rings (SSSR count). The predicted molar refractivity (Wildman–Crippen MR) is 89.4 cm³/mol. The average molecular weight is 318 g/mol. The number of nitrogens with zero attached hydrogens (tertiary/aromatic N) is 1. The van der Waals surface area contributed by atoms with E-state index >= 15 is 0 Å². The van der Waals surface area contributed by atoms with E-state index in [4.69, 9.17) is 4.74 Å². The van der Waals surface area contributed by atoms with Crippen molar-refractivity contribution in [3.05, 3.63) is 35.4 Å². The number of rotatable bonds is 7. The van der Waals surface area contributed by atoms with E-state index in [-0.39, 0.29) is 17.4 Å². The summed E-state index contributed by atoms with van der Waals surface area (Å²) in [6.45, 7) is 8.62. The normalized spacial score (nSPS) is 14.7. The van der Waals surface area contributed by atoms with Gasteiger partial charge < -0.3 is 15.0 Å². The van der Waals surface area contributed by atoms with E-state index in [0.29, 0.717) is 39.1 Å². The number of hydrogen-bond acceptors (Lipinski definition) is 3. The summed E-state index contributed by atoms with van der Waals surface area (Å²) in [5.74, 6) is 0.0271. The van der Waals surface area contributed by atoms with Gasteiger partial charge in [0.1, 0.15) is 6.61 Å². The van der Waals surface area contributed by atoms with Crippen molar-refractivity contribution in [3.8, 4) is 0 Å². The lowest BCUT2D eigenvalue weighted by Crippen LogP contribution is -2.37. The van der Waals surface area contributed by atoms with Gasteiger partial charge in [0.2, 0.25) is 5.91 Å². The van der Waals surface area contributed by atoms with Crippen molar-refractivity contribution in [2.75, 3.05) is 26.2 Å². The van der Waals surface area contributed by atoms with E-state index in [2.05, 4.69) is 38.2 Å². The molecule has 0 unspecified atom stereocenters. The number of hydrogen-bond donors (Lipinski definition) is 1. The molecule has 5 heteroatoms. The molecule has 0 atom stereocenters. The molecular formula is C18H26N2O3. The highest BCUT2D eigenvalue weighted by molar-refractivity contribution is 5.76. The summed E-state index contributed by atoms with van der Waals surface area (Å²) < 4.78 is 4.86. The largest absolute Gasteiger partial charge is 0.448 e. The average Bonchev–Trinajstić information content (AvgIpc) is 2.91. The Morgan fingerprint density at radius 3 is 2.74 bits per heavy atom. The number of aryl methyl sites for hydroxylation is 1. The van der Waals surface area contributed by atoms with Gasteiger partial charge in [0.25, 0.3) is 0 Å². The van der Waals surface area contributed by atoms with Crippen molar-refractivity contribution in [1.82, 2.24) is 10.2 Å². The summed E-state index contributed by atoms with van der Waals surface area (Å²) >= 11 is 0. The van der Waals surface area contributed by atoms with Gasteiger partial charge in [-0.25, -0.2) is 4.79 Å². The van der Waals surface area contributed by atoms with E-state index in [1.165, 1.54) is 11.1 Å². The van der Waals surface area contributed by atoms with E-state index < -0.39 is 0 Å². The van der Waals surface area contributed by atoms with E-state index in [1.54, 1.807) is 4.90 Å². The summed E-state index contributed by atoms with van der Waals surface area (Å²) in [4.78, 5) is 25.0. The van der Waals surface area contributed by atoms with Crippen molar-refractivity contribution in [2.24, 2.45) is 0 Å². The van der Waals surface area contributed by atoms with Crippen LogP contribution in [0.4, 0.5) is 4.79 Å². The fourth-order valence-corrected chi connectivity index (χ4v) is 2.89. The Hall–Kier alpha value is -2.04. The maximum atomic E-state index is 12.0. The molecule has 0 spiro atoms. The van der Waals surface area contributed by atoms with E-state index in [1.807, 2.05) is 12.1 Å². The van der Waals surface area contributed by atoms with Crippen LogP contribution in [0, 0.1) is 6.92 Å². The molecule has 0 radical (unpaired) electrons. The SMILES string of the molecule is Cc1ccccc1C(C)(C)CNC(=O)CCCN1CCOC1=O. The monoisotopic (exact) mass is 318 g/mol. The first-order chi connectivity index (χ1) is 10.9. The number of benzene rings is 1. The van der Waals surface area contributed by atoms with Gasteiger partial charge in [-0.2, -0.15) is 0 Å². The minimum atomic E-state index is -0.272. The maximum absolute atomic E-state index is 12.0. The second-order valence-electron chi connectivity index (χ2n) is 6.68. The molecule has 1 aliphatic heterocycles. The molecule has 1 aromatic carbocycles. The van der Waals surface area contributed by atoms with E-state index in [0.717, 1.165) is 0 Å². The third kappa shape index (κ3) is 4.71. The number of ether oxygens (including phenoxy) is 1. The molecule has 1 aliphatic rings. The summed E-state index contributed by atoms with van der Waals surface area (Å²) in [6, 6.07) is 8.26. The third-order valence-electron chi connectivity index (χ3n) is 4.28. The van der Waals surface area contributed by atoms with Crippen LogP contribution in [0.1, 0.15) is 37.8 Å². The highest BCUT2D eigenvalue weighted by Gasteiger charge is 2.24. The molecule has 5 nitrogen and oxygen atoms in total. The van der Waals surface area contributed by atoms with Crippen molar-refractivity contribution in [1.29, 1.82) is 0 Å². The van der Waals surface area contributed by atoms with Crippen LogP contribution in [0.5, 0.6) is 0 Å². The van der Waals surface area contributed by atoms with Crippen molar-refractivity contribution in [3.63, 3.8) is 0 Å². The molecule has 2 amide bonds. The molecule has 1 heterocycles. The second-order valence-corrected chi connectivity index (χ2v) is 6.68. The molecule has 1 N–H and O–H groups in total. The van der Waals surface area contributed by atoms with E-state index in [9.17, 15) is 9.59 Å². The van der Waals surface area contributed by atoms with Gasteiger partial charge in [-0.3, -0.25) is 4.79 Å². The Morgan fingerprint density at radius 1 is 1.35 bits per heavy atom. The highest BCUT2D eigenvalue weighted by Crippen LogP contribution is 2.25. The Balaban J connectivity index is 1.75. The Morgan fingerprint density at radius 2 is 2.09 bits per heavy atom. The fourth-order valence-electron chi connectivity index (χ4n) is 2.89. The molecule has 0 aliphatic carbocycles. The lowest BCUT2D eigenvalue weighted by atomic mass is 9.82. The maximum Gasteiger partial charge on any atom is 0.409 e. The molecule has 0 aromatic heterocycles. The van der Waals surface area contributed by atoms with Gasteiger partial charge in [0, 0.05) is 24.9 Å². The van der Waals surface area contributed by atoms with Crippen LogP contribution in [0.3, 0.4) is 0 Å². The molecule has 1 aromatic rings. The molecule has 0 saturated carbocycles. The standard InChI is InChI=1S/C18H26N2O3/c1-14-7-4-5-8-15(14)18(2,3)13-19-16(21)9-6-10-20-11-12-23-17(20)22/h4-5,7-8H,6,9-13H2,1-3H3,(H,19,21). The number of carbonyl (C=O) groups excluding carboxylic acids is 2. The number of carbonyl (C=O) groups is 2. The number of cyclic esters (lactones) is 1. The molecular weight excluding hydrogens is 292 g/mol. The van der Waals surface area contributed by atoms with Gasteiger partial charge in [-0.15, -0.1) is 0 Å².